The van der Waals surface area contributed by atoms with Crippen LogP contribution >= 0.6 is 0 Å². The minimum Gasteiger partial charge on any atom is -0.352 e. The van der Waals surface area contributed by atoms with Crippen molar-refractivity contribution >= 4 is 5.95 Å². The van der Waals surface area contributed by atoms with Crippen LogP contribution in [0.5, 0.6) is 0 Å². The molecule has 0 amide bonds. The van der Waals surface area contributed by atoms with Crippen molar-refractivity contribution in [3.8, 4) is 0 Å². The topological polar surface area (TPSA) is 29.9 Å². The van der Waals surface area contributed by atoms with E-state index in [1.165, 1.54) is 5.56 Å². The molecule has 0 saturated carbocycles. The number of hydrogen-bond donors (Lipinski definition) is 1. The number of aryl methyl sites for hydroxylation is 2. The predicted molar refractivity (Wildman–Crippen MR) is 85.1 cm³/mol. The summed E-state index contributed by atoms with van der Waals surface area (Å²) in [5, 5.41) is 3.28. The van der Waals surface area contributed by atoms with Crippen molar-refractivity contribution in [1.29, 1.82) is 0 Å². The fraction of sp³-hybridized carbons (Fsp3) is 0.353. The number of nitrogens with one attached hydrogen (secondary N) is 1. The minimum atomic E-state index is 0.547. The second-order valence-electron chi connectivity index (χ2n) is 5.17. The van der Waals surface area contributed by atoms with E-state index in [1.54, 1.807) is 0 Å². The molecule has 0 radical (unpaired) electrons. The van der Waals surface area contributed by atoms with E-state index in [9.17, 15) is 0 Å². The lowest BCUT2D eigenvalue weighted by Crippen LogP contribution is -2.08. The van der Waals surface area contributed by atoms with Crippen LogP contribution in [0.2, 0.25) is 0 Å². The number of benzene rings is 1. The minimum absolute atomic E-state index is 0.547. The Morgan fingerprint density at radius 1 is 1.35 bits per heavy atom. The van der Waals surface area contributed by atoms with E-state index in [-0.39, 0.29) is 0 Å². The van der Waals surface area contributed by atoms with E-state index in [1.807, 2.05) is 13.0 Å². The number of nitrogens with zero attached hydrogens (tertiary/aromatic N) is 2. The molecule has 0 saturated heterocycles. The molecule has 1 heterocycles. The van der Waals surface area contributed by atoms with Crippen LogP contribution < -0.4 is 5.32 Å². The maximum Gasteiger partial charge on any atom is 0.203 e. The van der Waals surface area contributed by atoms with Crippen LogP contribution in [-0.4, -0.2) is 16.1 Å². The Bertz CT molecular complexity index is 543. The Labute approximate surface area is 121 Å². The first-order valence-corrected chi connectivity index (χ1v) is 7.14. The van der Waals surface area contributed by atoms with E-state index < -0.39 is 0 Å². The van der Waals surface area contributed by atoms with E-state index >= 15 is 0 Å². The first-order chi connectivity index (χ1) is 9.70. The molecule has 1 aromatic carbocycles. The molecule has 1 atom stereocenters. The van der Waals surface area contributed by atoms with Crippen molar-refractivity contribution in [1.82, 2.24) is 9.55 Å². The van der Waals surface area contributed by atoms with Crippen LogP contribution in [0.15, 0.2) is 49.2 Å². The third kappa shape index (κ3) is 3.73. The SMILES string of the molecule is C=CCNc1nc(C)cn1CCC(C)c1ccccc1. The van der Waals surface area contributed by atoms with Crippen molar-refractivity contribution in [2.24, 2.45) is 0 Å². The zero-order valence-electron chi connectivity index (χ0n) is 12.3. The second-order valence-corrected chi connectivity index (χ2v) is 5.17. The molecule has 106 valence electrons. The lowest BCUT2D eigenvalue weighted by molar-refractivity contribution is 0.579. The first-order valence-electron chi connectivity index (χ1n) is 7.14. The Hall–Kier alpha value is -2.03. The van der Waals surface area contributed by atoms with Crippen molar-refractivity contribution in [3.63, 3.8) is 0 Å². The molecule has 20 heavy (non-hydrogen) atoms. The zero-order valence-corrected chi connectivity index (χ0v) is 12.3. The van der Waals surface area contributed by atoms with Gasteiger partial charge in [0.05, 0.1) is 5.69 Å². The van der Waals surface area contributed by atoms with Gasteiger partial charge in [-0.3, -0.25) is 0 Å². The summed E-state index contributed by atoms with van der Waals surface area (Å²) >= 11 is 0. The van der Waals surface area contributed by atoms with Crippen molar-refractivity contribution in [2.45, 2.75) is 32.7 Å². The lowest BCUT2D eigenvalue weighted by atomic mass is 9.98. The average molecular weight is 269 g/mol. The van der Waals surface area contributed by atoms with Crippen molar-refractivity contribution in [2.75, 3.05) is 11.9 Å². The molecule has 0 aliphatic rings. The molecule has 0 aliphatic heterocycles. The maximum absolute atomic E-state index is 4.50. The van der Waals surface area contributed by atoms with Gasteiger partial charge in [-0.05, 0) is 24.8 Å². The molecule has 0 fully saturated rings. The highest BCUT2D eigenvalue weighted by molar-refractivity contribution is 5.29. The Morgan fingerprint density at radius 3 is 2.80 bits per heavy atom. The summed E-state index contributed by atoms with van der Waals surface area (Å²) in [6, 6.07) is 10.7. The molecule has 2 rings (SSSR count). The fourth-order valence-electron chi connectivity index (χ4n) is 2.30. The van der Waals surface area contributed by atoms with E-state index in [0.717, 1.165) is 31.2 Å². The third-order valence-electron chi connectivity index (χ3n) is 3.47. The fourth-order valence-corrected chi connectivity index (χ4v) is 2.30. The maximum atomic E-state index is 4.50. The number of aromatic nitrogens is 2. The molecule has 0 spiro atoms. The molecule has 2 aromatic rings. The number of rotatable bonds is 7. The number of hydrogen-bond acceptors (Lipinski definition) is 2. The van der Waals surface area contributed by atoms with Crippen LogP contribution in [0.4, 0.5) is 5.95 Å². The molecule has 1 aromatic heterocycles. The second kappa shape index (κ2) is 6.94. The molecule has 1 N–H and O–H groups in total. The van der Waals surface area contributed by atoms with Gasteiger partial charge < -0.3 is 9.88 Å². The number of anilines is 1. The van der Waals surface area contributed by atoms with Gasteiger partial charge in [-0.25, -0.2) is 4.98 Å². The van der Waals surface area contributed by atoms with Crippen LogP contribution in [0.3, 0.4) is 0 Å². The summed E-state index contributed by atoms with van der Waals surface area (Å²) in [6.07, 6.45) is 5.05. The van der Waals surface area contributed by atoms with Gasteiger partial charge in [0.1, 0.15) is 0 Å². The summed E-state index contributed by atoms with van der Waals surface area (Å²) < 4.78 is 2.19. The standard InChI is InChI=1S/C17H23N3/c1-4-11-18-17-19-15(3)13-20(17)12-10-14(2)16-8-6-5-7-9-16/h4-9,13-14H,1,10-12H2,2-3H3,(H,18,19). The Balaban J connectivity index is 1.98. The van der Waals surface area contributed by atoms with Gasteiger partial charge in [-0.15, -0.1) is 6.58 Å². The van der Waals surface area contributed by atoms with Gasteiger partial charge in [-0.1, -0.05) is 43.3 Å². The number of imidazole rings is 1. The summed E-state index contributed by atoms with van der Waals surface area (Å²) in [5.74, 6) is 1.48. The third-order valence-corrected chi connectivity index (χ3v) is 3.47. The molecular formula is C17H23N3. The van der Waals surface area contributed by atoms with Gasteiger partial charge in [0.15, 0.2) is 0 Å². The average Bonchev–Trinajstić information content (AvgIpc) is 2.83. The van der Waals surface area contributed by atoms with Crippen molar-refractivity contribution < 1.29 is 0 Å². The molecule has 0 bridgehead atoms. The lowest BCUT2D eigenvalue weighted by Gasteiger charge is -2.14. The highest BCUT2D eigenvalue weighted by atomic mass is 15.2. The summed E-state index contributed by atoms with van der Waals surface area (Å²) in [6.45, 7) is 9.73. The highest BCUT2D eigenvalue weighted by Gasteiger charge is 2.08. The Kier molecular flexibility index (Phi) is 4.99. The summed E-state index contributed by atoms with van der Waals surface area (Å²) in [5.41, 5.74) is 2.44. The highest BCUT2D eigenvalue weighted by Crippen LogP contribution is 2.20. The zero-order chi connectivity index (χ0) is 14.4. The monoisotopic (exact) mass is 269 g/mol. The molecule has 0 aliphatic carbocycles. The van der Waals surface area contributed by atoms with E-state index in [4.69, 9.17) is 0 Å². The normalized spacial score (nSPS) is 12.1. The van der Waals surface area contributed by atoms with Crippen molar-refractivity contribution in [3.05, 3.63) is 60.4 Å². The quantitative estimate of drug-likeness (QED) is 0.770. The smallest absolute Gasteiger partial charge is 0.203 e. The summed E-state index contributed by atoms with van der Waals surface area (Å²) in [4.78, 5) is 4.50. The largest absolute Gasteiger partial charge is 0.352 e. The molecule has 3 nitrogen and oxygen atoms in total. The van der Waals surface area contributed by atoms with Crippen LogP contribution in [-0.2, 0) is 6.54 Å². The summed E-state index contributed by atoms with van der Waals surface area (Å²) in [7, 11) is 0. The van der Waals surface area contributed by atoms with Crippen LogP contribution in [0.1, 0.15) is 30.5 Å². The van der Waals surface area contributed by atoms with Gasteiger partial charge in [0.25, 0.3) is 0 Å². The van der Waals surface area contributed by atoms with E-state index in [2.05, 4.69) is 64.9 Å². The molecular weight excluding hydrogens is 246 g/mol. The predicted octanol–water partition coefficient (Wildman–Crippen LogP) is 3.98. The van der Waals surface area contributed by atoms with Gasteiger partial charge in [0, 0.05) is 19.3 Å². The van der Waals surface area contributed by atoms with E-state index in [0.29, 0.717) is 5.92 Å². The van der Waals surface area contributed by atoms with Gasteiger partial charge >= 0.3 is 0 Å². The van der Waals surface area contributed by atoms with Gasteiger partial charge in [0.2, 0.25) is 5.95 Å². The molecule has 3 heteroatoms. The van der Waals surface area contributed by atoms with Crippen LogP contribution in [0.25, 0.3) is 0 Å². The Morgan fingerprint density at radius 2 is 2.10 bits per heavy atom. The first kappa shape index (κ1) is 14.4. The van der Waals surface area contributed by atoms with Crippen LogP contribution in [0, 0.1) is 6.92 Å². The van der Waals surface area contributed by atoms with Gasteiger partial charge in [-0.2, -0.15) is 0 Å². The molecule has 1 unspecified atom stereocenters.